The number of benzene rings is 2. The quantitative estimate of drug-likeness (QED) is 0.138. The van der Waals surface area contributed by atoms with E-state index >= 15 is 0 Å². The molecule has 1 aromatic heterocycles. The van der Waals surface area contributed by atoms with E-state index < -0.39 is 23.7 Å². The molecule has 0 saturated carbocycles. The minimum Gasteiger partial charge on any atom is -0.507 e. The maximum atomic E-state index is 13.5. The van der Waals surface area contributed by atoms with Crippen LogP contribution >= 0.6 is 11.3 Å². The maximum absolute atomic E-state index is 13.5. The van der Waals surface area contributed by atoms with Crippen LogP contribution in [0.5, 0.6) is 17.2 Å². The van der Waals surface area contributed by atoms with Gasteiger partial charge in [0.2, 0.25) is 0 Å². The Balaban J connectivity index is 1.64. The molecule has 1 unspecified atom stereocenters. The summed E-state index contributed by atoms with van der Waals surface area (Å²) in [6, 6.07) is 10.6. The topological polar surface area (TPSA) is 124 Å². The minimum absolute atomic E-state index is 0.0116. The molecule has 206 valence electrons. The fraction of sp³-hybridized carbons (Fsp3) is 0.241. The average Bonchev–Trinajstić information content (AvgIpc) is 3.48. The summed E-state index contributed by atoms with van der Waals surface area (Å²) in [5.41, 5.74) is 1.02. The molecule has 2 aliphatic rings. The number of anilines is 1. The number of rotatable bonds is 8. The van der Waals surface area contributed by atoms with E-state index in [1.165, 1.54) is 11.0 Å². The molecule has 10 nitrogen and oxygen atoms in total. The van der Waals surface area contributed by atoms with Crippen molar-refractivity contribution in [2.45, 2.75) is 19.9 Å². The van der Waals surface area contributed by atoms with E-state index in [9.17, 15) is 19.5 Å². The van der Waals surface area contributed by atoms with Crippen molar-refractivity contribution in [2.24, 2.45) is 0 Å². The smallest absolute Gasteiger partial charge is 0.350 e. The highest BCUT2D eigenvalue weighted by atomic mass is 32.1. The van der Waals surface area contributed by atoms with Crippen molar-refractivity contribution in [2.75, 3.05) is 31.3 Å². The highest BCUT2D eigenvalue weighted by Gasteiger charge is 2.48. The number of ether oxygens (including phenoxy) is 4. The summed E-state index contributed by atoms with van der Waals surface area (Å²) in [5, 5.41) is 11.6. The lowest BCUT2D eigenvalue weighted by Gasteiger charge is -2.23. The zero-order chi connectivity index (χ0) is 28.4. The van der Waals surface area contributed by atoms with Crippen molar-refractivity contribution >= 4 is 39.9 Å². The van der Waals surface area contributed by atoms with Crippen molar-refractivity contribution in [1.82, 2.24) is 4.98 Å². The van der Waals surface area contributed by atoms with Gasteiger partial charge in [-0.15, -0.1) is 0 Å². The number of aromatic nitrogens is 1. The normalized spacial score (nSPS) is 17.6. The highest BCUT2D eigenvalue weighted by molar-refractivity contribution is 7.17. The van der Waals surface area contributed by atoms with Crippen LogP contribution in [0.3, 0.4) is 0 Å². The number of nitrogens with zero attached hydrogens (tertiary/aromatic N) is 2. The van der Waals surface area contributed by atoms with Gasteiger partial charge in [0.05, 0.1) is 23.9 Å². The molecule has 11 heteroatoms. The molecule has 1 amide bonds. The van der Waals surface area contributed by atoms with Gasteiger partial charge in [-0.05, 0) is 49.7 Å². The molecular formula is C29H26N2O8S. The van der Waals surface area contributed by atoms with Crippen LogP contribution in [0.2, 0.25) is 0 Å². The first-order chi connectivity index (χ1) is 19.3. The Morgan fingerprint density at radius 1 is 1.18 bits per heavy atom. The lowest BCUT2D eigenvalue weighted by molar-refractivity contribution is -0.132. The van der Waals surface area contributed by atoms with E-state index in [1.807, 2.05) is 6.92 Å². The van der Waals surface area contributed by atoms with Crippen molar-refractivity contribution < 1.29 is 38.4 Å². The number of ketones is 1. The second kappa shape index (κ2) is 11.2. The number of Topliss-reactive ketones (excluding diaryl/α,β-unsaturated/α-hetero) is 1. The lowest BCUT2D eigenvalue weighted by Crippen LogP contribution is -2.29. The molecule has 40 heavy (non-hydrogen) atoms. The summed E-state index contributed by atoms with van der Waals surface area (Å²) < 4.78 is 21.9. The molecule has 2 aliphatic heterocycles. The molecule has 2 aromatic carbocycles. The first-order valence-corrected chi connectivity index (χ1v) is 13.3. The van der Waals surface area contributed by atoms with Gasteiger partial charge in [-0.3, -0.25) is 14.5 Å². The molecule has 0 bridgehead atoms. The standard InChI is InChI=1S/C29H26N2O8S/c1-4-12-39-28(35)26-16(3)30-29(40-26)31-23(17-6-9-19(10-7-17)36-5-2)22(25(33)27(31)34)24(32)18-8-11-20-21(15-18)38-14-13-37-20/h4,6-11,15,23,32H,1,5,12-14H2,2-3H3/b24-22+. The van der Waals surface area contributed by atoms with Crippen LogP contribution in [0.25, 0.3) is 5.76 Å². The number of hydrogen-bond donors (Lipinski definition) is 1. The first-order valence-electron chi connectivity index (χ1n) is 12.5. The molecule has 0 radical (unpaired) electrons. The van der Waals surface area contributed by atoms with Crippen molar-refractivity contribution in [1.29, 1.82) is 0 Å². The van der Waals surface area contributed by atoms with Gasteiger partial charge in [0, 0.05) is 5.56 Å². The highest BCUT2D eigenvalue weighted by Crippen LogP contribution is 2.45. The zero-order valence-corrected chi connectivity index (χ0v) is 22.7. The van der Waals surface area contributed by atoms with Gasteiger partial charge in [0.1, 0.15) is 36.2 Å². The van der Waals surface area contributed by atoms with Gasteiger partial charge in [0.25, 0.3) is 5.78 Å². The van der Waals surface area contributed by atoms with Crippen LogP contribution in [0.1, 0.15) is 39.5 Å². The van der Waals surface area contributed by atoms with Crippen LogP contribution in [-0.4, -0.2) is 54.2 Å². The number of carbonyl (C=O) groups is 3. The monoisotopic (exact) mass is 562 g/mol. The molecule has 5 rings (SSSR count). The largest absolute Gasteiger partial charge is 0.507 e. The molecule has 0 spiro atoms. The van der Waals surface area contributed by atoms with Crippen LogP contribution in [-0.2, 0) is 14.3 Å². The number of carbonyl (C=O) groups excluding carboxylic acids is 3. The van der Waals surface area contributed by atoms with Crippen molar-refractivity contribution in [3.05, 3.63) is 82.4 Å². The Kier molecular flexibility index (Phi) is 7.56. The molecule has 3 aromatic rings. The SMILES string of the molecule is C=CCOC(=O)c1sc(N2C(=O)C(=O)/C(=C(/O)c3ccc4c(c3)OCCO4)C2c2ccc(OCC)cc2)nc1C. The molecule has 1 N–H and O–H groups in total. The molecule has 0 aliphatic carbocycles. The number of esters is 1. The average molecular weight is 563 g/mol. The third-order valence-corrected chi connectivity index (χ3v) is 7.41. The lowest BCUT2D eigenvalue weighted by atomic mass is 9.95. The Morgan fingerprint density at radius 3 is 2.60 bits per heavy atom. The van der Waals surface area contributed by atoms with E-state index in [1.54, 1.807) is 49.4 Å². The van der Waals surface area contributed by atoms with Gasteiger partial charge in [0.15, 0.2) is 16.6 Å². The summed E-state index contributed by atoms with van der Waals surface area (Å²) in [5.74, 6) is -1.25. The third kappa shape index (κ3) is 4.91. The number of thiazole rings is 1. The summed E-state index contributed by atoms with van der Waals surface area (Å²) in [4.78, 5) is 45.4. The van der Waals surface area contributed by atoms with Crippen molar-refractivity contribution in [3.63, 3.8) is 0 Å². The number of fused-ring (bicyclic) bond motifs is 1. The molecular weight excluding hydrogens is 536 g/mol. The van der Waals surface area contributed by atoms with Crippen LogP contribution in [0, 0.1) is 6.92 Å². The zero-order valence-electron chi connectivity index (χ0n) is 21.8. The summed E-state index contributed by atoms with van der Waals surface area (Å²) in [7, 11) is 0. The molecule has 3 heterocycles. The van der Waals surface area contributed by atoms with Gasteiger partial charge in [-0.1, -0.05) is 36.1 Å². The Morgan fingerprint density at radius 2 is 1.90 bits per heavy atom. The van der Waals surface area contributed by atoms with Crippen molar-refractivity contribution in [3.8, 4) is 17.2 Å². The number of aliphatic hydroxyl groups excluding tert-OH is 1. The first kappa shape index (κ1) is 26.9. The number of hydrogen-bond acceptors (Lipinski definition) is 10. The molecule has 1 atom stereocenters. The summed E-state index contributed by atoms with van der Waals surface area (Å²) in [6.07, 6.45) is 1.44. The van der Waals surface area contributed by atoms with E-state index in [4.69, 9.17) is 18.9 Å². The predicted molar refractivity (Wildman–Crippen MR) is 147 cm³/mol. The Hall–Kier alpha value is -4.64. The minimum atomic E-state index is -1.04. The van der Waals surface area contributed by atoms with E-state index in [0.29, 0.717) is 48.3 Å². The third-order valence-electron chi connectivity index (χ3n) is 6.28. The van der Waals surface area contributed by atoms with Gasteiger partial charge >= 0.3 is 11.9 Å². The predicted octanol–water partition coefficient (Wildman–Crippen LogP) is 4.59. The molecule has 1 fully saturated rings. The maximum Gasteiger partial charge on any atom is 0.350 e. The Labute approximate surface area is 234 Å². The van der Waals surface area contributed by atoms with E-state index in [0.717, 1.165) is 11.3 Å². The van der Waals surface area contributed by atoms with Gasteiger partial charge < -0.3 is 24.1 Å². The fourth-order valence-electron chi connectivity index (χ4n) is 4.48. The Bertz CT molecular complexity index is 1530. The number of aliphatic hydroxyl groups is 1. The van der Waals surface area contributed by atoms with E-state index in [2.05, 4.69) is 11.6 Å². The summed E-state index contributed by atoms with van der Waals surface area (Å²) in [6.45, 7) is 8.23. The van der Waals surface area contributed by atoms with Crippen LogP contribution < -0.4 is 19.1 Å². The number of amides is 1. The van der Waals surface area contributed by atoms with Gasteiger partial charge in [-0.2, -0.15) is 0 Å². The second-order valence-electron chi connectivity index (χ2n) is 8.83. The summed E-state index contributed by atoms with van der Waals surface area (Å²) >= 11 is 0.926. The van der Waals surface area contributed by atoms with Crippen LogP contribution in [0.15, 0.2) is 60.7 Å². The molecule has 1 saturated heterocycles. The number of aryl methyl sites for hydroxylation is 1. The van der Waals surface area contributed by atoms with E-state index in [-0.39, 0.29) is 33.5 Å². The van der Waals surface area contributed by atoms with Gasteiger partial charge in [-0.25, -0.2) is 9.78 Å². The second-order valence-corrected chi connectivity index (χ2v) is 9.81. The van der Waals surface area contributed by atoms with Crippen LogP contribution in [0.4, 0.5) is 5.13 Å². The fourth-order valence-corrected chi connectivity index (χ4v) is 5.47.